The van der Waals surface area contributed by atoms with Gasteiger partial charge < -0.3 is 14.9 Å². The number of aliphatic hydroxyl groups is 1. The molecule has 2 rings (SSSR count). The topological polar surface area (TPSA) is 66.8 Å². The molecule has 92 valence electrons. The summed E-state index contributed by atoms with van der Waals surface area (Å²) in [6.07, 6.45) is 0. The van der Waals surface area contributed by atoms with Crippen molar-refractivity contribution in [3.05, 3.63) is 28.2 Å². The molecule has 0 radical (unpaired) electrons. The smallest absolute Gasteiger partial charge is 0.307 e. The zero-order chi connectivity index (χ0) is 12.6. The minimum absolute atomic E-state index is 0.106. The molecule has 17 heavy (non-hydrogen) atoms. The van der Waals surface area contributed by atoms with Crippen LogP contribution in [0.5, 0.6) is 5.75 Å². The highest BCUT2D eigenvalue weighted by atomic mass is 79.9. The van der Waals surface area contributed by atoms with Crippen LogP contribution in [0, 0.1) is 11.8 Å². The Hall–Kier alpha value is -1.07. The Morgan fingerprint density at radius 3 is 2.71 bits per heavy atom. The monoisotopic (exact) mass is 300 g/mol. The Balaban J connectivity index is 2.31. The largest absolute Gasteiger partial charge is 0.497 e. The van der Waals surface area contributed by atoms with E-state index in [9.17, 15) is 4.79 Å². The molecule has 3 unspecified atom stereocenters. The summed E-state index contributed by atoms with van der Waals surface area (Å²) in [5, 5.41) is 18.2. The van der Waals surface area contributed by atoms with Gasteiger partial charge in [-0.1, -0.05) is 15.9 Å². The van der Waals surface area contributed by atoms with Gasteiger partial charge in [-0.3, -0.25) is 4.79 Å². The minimum atomic E-state index is -0.858. The number of benzene rings is 1. The molecule has 1 aromatic rings. The molecule has 0 heterocycles. The third kappa shape index (κ3) is 2.17. The molecule has 0 bridgehead atoms. The minimum Gasteiger partial charge on any atom is -0.497 e. The Morgan fingerprint density at radius 2 is 2.24 bits per heavy atom. The van der Waals surface area contributed by atoms with Gasteiger partial charge in [0.1, 0.15) is 5.75 Å². The van der Waals surface area contributed by atoms with Gasteiger partial charge in [-0.2, -0.15) is 0 Å². The van der Waals surface area contributed by atoms with Gasteiger partial charge in [0.05, 0.1) is 13.0 Å². The molecule has 0 aliphatic heterocycles. The van der Waals surface area contributed by atoms with E-state index < -0.39 is 11.9 Å². The van der Waals surface area contributed by atoms with Gasteiger partial charge in [0.15, 0.2) is 0 Å². The van der Waals surface area contributed by atoms with Crippen molar-refractivity contribution < 1.29 is 19.7 Å². The Morgan fingerprint density at radius 1 is 1.53 bits per heavy atom. The Kier molecular flexibility index (Phi) is 3.40. The van der Waals surface area contributed by atoms with Crippen LogP contribution in [0.25, 0.3) is 0 Å². The fourth-order valence-electron chi connectivity index (χ4n) is 2.27. The predicted molar refractivity (Wildman–Crippen MR) is 65.1 cm³/mol. The summed E-state index contributed by atoms with van der Waals surface area (Å²) in [6, 6.07) is 5.46. The van der Waals surface area contributed by atoms with Gasteiger partial charge in [-0.15, -0.1) is 0 Å². The summed E-state index contributed by atoms with van der Waals surface area (Å²) in [5.74, 6) is -0.999. The van der Waals surface area contributed by atoms with Crippen molar-refractivity contribution in [1.82, 2.24) is 0 Å². The van der Waals surface area contributed by atoms with Crippen molar-refractivity contribution in [1.29, 1.82) is 0 Å². The second kappa shape index (κ2) is 4.66. The third-order valence-corrected chi connectivity index (χ3v) is 3.95. The zero-order valence-corrected chi connectivity index (χ0v) is 10.8. The third-order valence-electron chi connectivity index (χ3n) is 3.23. The Labute approximate surface area is 107 Å². The van der Waals surface area contributed by atoms with E-state index in [0.717, 1.165) is 10.0 Å². The molecule has 1 aliphatic rings. The van der Waals surface area contributed by atoms with Crippen molar-refractivity contribution in [2.24, 2.45) is 11.8 Å². The molecular formula is C12H13BrO4. The fraction of sp³-hybridized carbons (Fsp3) is 0.417. The van der Waals surface area contributed by atoms with Crippen molar-refractivity contribution in [3.63, 3.8) is 0 Å². The fourth-order valence-corrected chi connectivity index (χ4v) is 2.78. The maximum atomic E-state index is 11.0. The van der Waals surface area contributed by atoms with E-state index in [4.69, 9.17) is 14.9 Å². The van der Waals surface area contributed by atoms with Gasteiger partial charge in [-0.25, -0.2) is 0 Å². The van der Waals surface area contributed by atoms with Crippen LogP contribution in [-0.2, 0) is 4.79 Å². The average Bonchev–Trinajstić information content (AvgIpc) is 3.04. The van der Waals surface area contributed by atoms with E-state index in [2.05, 4.69) is 15.9 Å². The molecule has 2 N–H and O–H groups in total. The lowest BCUT2D eigenvalue weighted by Crippen LogP contribution is -2.01. The van der Waals surface area contributed by atoms with E-state index >= 15 is 0 Å². The van der Waals surface area contributed by atoms with Gasteiger partial charge >= 0.3 is 5.97 Å². The van der Waals surface area contributed by atoms with Crippen molar-refractivity contribution in [2.75, 3.05) is 13.7 Å². The van der Waals surface area contributed by atoms with Crippen molar-refractivity contribution >= 4 is 21.9 Å². The summed E-state index contributed by atoms with van der Waals surface area (Å²) in [6.45, 7) is -0.106. The second-order valence-electron chi connectivity index (χ2n) is 4.12. The first-order valence-corrected chi connectivity index (χ1v) is 6.06. The highest BCUT2D eigenvalue weighted by molar-refractivity contribution is 9.10. The Bertz CT molecular complexity index is 446. The summed E-state index contributed by atoms with van der Waals surface area (Å²) >= 11 is 3.40. The molecule has 0 spiro atoms. The molecule has 0 amide bonds. The quantitative estimate of drug-likeness (QED) is 0.891. The molecular weight excluding hydrogens is 288 g/mol. The SMILES string of the molecule is COc1ccc(Br)c(C2C(CO)C2C(=O)O)c1. The maximum absolute atomic E-state index is 11.0. The van der Waals surface area contributed by atoms with Gasteiger partial charge in [0.2, 0.25) is 0 Å². The van der Waals surface area contributed by atoms with E-state index in [1.807, 2.05) is 12.1 Å². The van der Waals surface area contributed by atoms with Crippen LogP contribution >= 0.6 is 15.9 Å². The van der Waals surface area contributed by atoms with Crippen LogP contribution in [0.4, 0.5) is 0 Å². The first-order chi connectivity index (χ1) is 8.10. The van der Waals surface area contributed by atoms with Crippen LogP contribution in [0.15, 0.2) is 22.7 Å². The van der Waals surface area contributed by atoms with Gasteiger partial charge in [0.25, 0.3) is 0 Å². The molecule has 1 aliphatic carbocycles. The van der Waals surface area contributed by atoms with E-state index in [1.165, 1.54) is 0 Å². The van der Waals surface area contributed by atoms with Crippen LogP contribution in [-0.4, -0.2) is 29.9 Å². The summed E-state index contributed by atoms with van der Waals surface area (Å²) in [5.41, 5.74) is 0.885. The van der Waals surface area contributed by atoms with Crippen LogP contribution in [0.1, 0.15) is 11.5 Å². The van der Waals surface area contributed by atoms with Crippen LogP contribution in [0.2, 0.25) is 0 Å². The van der Waals surface area contributed by atoms with Crippen molar-refractivity contribution in [2.45, 2.75) is 5.92 Å². The number of carbonyl (C=O) groups is 1. The van der Waals surface area contributed by atoms with E-state index in [0.29, 0.717) is 5.75 Å². The molecule has 0 saturated heterocycles. The lowest BCUT2D eigenvalue weighted by atomic mass is 10.1. The number of aliphatic carboxylic acids is 1. The summed E-state index contributed by atoms with van der Waals surface area (Å²) in [4.78, 5) is 11.0. The highest BCUT2D eigenvalue weighted by Gasteiger charge is 2.55. The first-order valence-electron chi connectivity index (χ1n) is 5.27. The molecule has 3 atom stereocenters. The summed E-state index contributed by atoms with van der Waals surface area (Å²) < 4.78 is 5.97. The van der Waals surface area contributed by atoms with Crippen LogP contribution < -0.4 is 4.74 Å². The standard InChI is InChI=1S/C12H13BrO4/c1-17-6-2-3-9(13)7(4-6)10-8(5-14)11(10)12(15)16/h2-4,8,10-11,14H,5H2,1H3,(H,15,16). The highest BCUT2D eigenvalue weighted by Crippen LogP contribution is 2.55. The number of carboxylic acid groups (broad SMARTS) is 1. The molecule has 4 nitrogen and oxygen atoms in total. The average molecular weight is 301 g/mol. The molecule has 5 heteroatoms. The molecule has 1 saturated carbocycles. The number of methoxy groups -OCH3 is 1. The zero-order valence-electron chi connectivity index (χ0n) is 9.26. The normalized spacial score (nSPS) is 26.6. The van der Waals surface area contributed by atoms with Gasteiger partial charge in [0, 0.05) is 22.9 Å². The number of aliphatic hydroxyl groups excluding tert-OH is 1. The van der Waals surface area contributed by atoms with Crippen molar-refractivity contribution in [3.8, 4) is 5.75 Å². The lowest BCUT2D eigenvalue weighted by Gasteiger charge is -2.06. The van der Waals surface area contributed by atoms with Gasteiger partial charge in [-0.05, 0) is 23.8 Å². The van der Waals surface area contributed by atoms with E-state index in [-0.39, 0.29) is 18.4 Å². The lowest BCUT2D eigenvalue weighted by molar-refractivity contribution is -0.139. The number of carboxylic acids is 1. The predicted octanol–water partition coefficient (Wildman–Crippen LogP) is 1.86. The number of halogens is 1. The second-order valence-corrected chi connectivity index (χ2v) is 4.98. The number of hydrogen-bond donors (Lipinski definition) is 2. The maximum Gasteiger partial charge on any atom is 0.307 e. The number of rotatable bonds is 4. The molecule has 0 aromatic heterocycles. The number of ether oxygens (including phenoxy) is 1. The summed E-state index contributed by atoms with van der Waals surface area (Å²) in [7, 11) is 1.57. The van der Waals surface area contributed by atoms with Crippen LogP contribution in [0.3, 0.4) is 0 Å². The van der Waals surface area contributed by atoms with E-state index in [1.54, 1.807) is 13.2 Å². The number of hydrogen-bond acceptors (Lipinski definition) is 3. The first kappa shape index (κ1) is 12.4. The molecule has 1 fully saturated rings. The molecule has 1 aromatic carbocycles.